The van der Waals surface area contributed by atoms with Crippen molar-refractivity contribution in [2.24, 2.45) is 0 Å². The molecule has 0 spiro atoms. The lowest BCUT2D eigenvalue weighted by atomic mass is 10.2. The van der Waals surface area contributed by atoms with Gasteiger partial charge in [-0.05, 0) is 25.2 Å². The number of aryl methyl sites for hydroxylation is 2. The molecule has 5 heteroatoms. The maximum atomic E-state index is 12.5. The molecule has 2 aromatic rings. The van der Waals surface area contributed by atoms with E-state index in [2.05, 4.69) is 18.5 Å². The van der Waals surface area contributed by atoms with Crippen LogP contribution in [0.15, 0.2) is 22.6 Å². The van der Waals surface area contributed by atoms with Crippen molar-refractivity contribution in [2.45, 2.75) is 32.5 Å². The van der Waals surface area contributed by atoms with E-state index < -0.39 is 0 Å². The number of rotatable bonds is 4. The molecular weight excluding hydrogens is 264 g/mol. The highest BCUT2D eigenvalue weighted by Gasteiger charge is 2.15. The molecule has 0 saturated heterocycles. The molecule has 96 valence electrons. The molecule has 2 heterocycles. The van der Waals surface area contributed by atoms with E-state index in [0.717, 1.165) is 26.7 Å². The number of thiophene rings is 1. The molecule has 0 aromatic carbocycles. The summed E-state index contributed by atoms with van der Waals surface area (Å²) in [4.78, 5) is 19.2. The summed E-state index contributed by atoms with van der Waals surface area (Å²) < 4.78 is 1.71. The molecule has 0 aliphatic rings. The van der Waals surface area contributed by atoms with E-state index in [1.807, 2.05) is 13.8 Å². The van der Waals surface area contributed by atoms with Crippen LogP contribution in [0.25, 0.3) is 10.2 Å². The molecule has 0 aliphatic carbocycles. The van der Waals surface area contributed by atoms with Crippen LogP contribution in [-0.2, 0) is 6.54 Å². The van der Waals surface area contributed by atoms with Crippen molar-refractivity contribution < 1.29 is 0 Å². The van der Waals surface area contributed by atoms with Crippen LogP contribution in [0.5, 0.6) is 0 Å². The van der Waals surface area contributed by atoms with Crippen LogP contribution < -0.4 is 5.56 Å². The Labute approximate surface area is 115 Å². The smallest absolute Gasteiger partial charge is 0.263 e. The van der Waals surface area contributed by atoms with Crippen molar-refractivity contribution in [3.8, 4) is 0 Å². The molecule has 0 atom stereocenters. The summed E-state index contributed by atoms with van der Waals surface area (Å²) >= 11 is 3.19. The summed E-state index contributed by atoms with van der Waals surface area (Å²) in [5.41, 5.74) is 1.11. The summed E-state index contributed by atoms with van der Waals surface area (Å²) in [5, 5.41) is 1.55. The van der Waals surface area contributed by atoms with Crippen LogP contribution >= 0.6 is 23.1 Å². The molecule has 0 bridgehead atoms. The second kappa shape index (κ2) is 5.28. The van der Waals surface area contributed by atoms with Gasteiger partial charge in [-0.15, -0.1) is 17.9 Å². The van der Waals surface area contributed by atoms with Gasteiger partial charge in [0.15, 0.2) is 5.16 Å². The molecule has 2 rings (SSSR count). The molecule has 0 N–H and O–H groups in total. The largest absolute Gasteiger partial charge is 0.283 e. The Morgan fingerprint density at radius 1 is 1.50 bits per heavy atom. The zero-order valence-corrected chi connectivity index (χ0v) is 12.5. The second-order valence-corrected chi connectivity index (χ2v) is 6.43. The zero-order chi connectivity index (χ0) is 13.3. The van der Waals surface area contributed by atoms with Gasteiger partial charge in [-0.3, -0.25) is 9.36 Å². The highest BCUT2D eigenvalue weighted by atomic mass is 32.2. The predicted octanol–water partition coefficient (Wildman–Crippen LogP) is 3.37. The molecule has 2 aromatic heterocycles. The number of hydrogen-bond donors (Lipinski definition) is 0. The fourth-order valence-corrected chi connectivity index (χ4v) is 3.64. The Bertz CT molecular complexity index is 655. The first-order valence-corrected chi connectivity index (χ1v) is 7.64. The van der Waals surface area contributed by atoms with Crippen molar-refractivity contribution >= 4 is 33.3 Å². The van der Waals surface area contributed by atoms with Crippen LogP contribution in [0.4, 0.5) is 0 Å². The summed E-state index contributed by atoms with van der Waals surface area (Å²) in [6.07, 6.45) is 1.74. The first kappa shape index (κ1) is 13.4. The highest BCUT2D eigenvalue weighted by molar-refractivity contribution is 7.99. The number of fused-ring (bicyclic) bond motifs is 1. The van der Waals surface area contributed by atoms with E-state index in [-0.39, 0.29) is 5.56 Å². The first-order valence-electron chi connectivity index (χ1n) is 5.84. The van der Waals surface area contributed by atoms with Crippen molar-refractivity contribution in [3.63, 3.8) is 0 Å². The molecule has 18 heavy (non-hydrogen) atoms. The van der Waals surface area contributed by atoms with E-state index in [1.54, 1.807) is 33.7 Å². The minimum atomic E-state index is 0.0534. The van der Waals surface area contributed by atoms with Gasteiger partial charge >= 0.3 is 0 Å². The summed E-state index contributed by atoms with van der Waals surface area (Å²) in [7, 11) is 0. The van der Waals surface area contributed by atoms with Crippen LogP contribution in [0.2, 0.25) is 0 Å². The van der Waals surface area contributed by atoms with Gasteiger partial charge in [0.25, 0.3) is 5.56 Å². The van der Waals surface area contributed by atoms with Crippen LogP contribution in [0.3, 0.4) is 0 Å². The molecule has 0 saturated carbocycles. The van der Waals surface area contributed by atoms with E-state index in [0.29, 0.717) is 6.54 Å². The number of aromatic nitrogens is 2. The Hall–Kier alpha value is -1.07. The normalized spacial score (nSPS) is 11.1. The molecule has 0 fully saturated rings. The van der Waals surface area contributed by atoms with Gasteiger partial charge in [-0.1, -0.05) is 24.8 Å². The van der Waals surface area contributed by atoms with E-state index in [1.165, 1.54) is 4.88 Å². The Morgan fingerprint density at radius 3 is 2.83 bits per heavy atom. The molecular formula is C13H16N2OS2. The minimum absolute atomic E-state index is 0.0534. The van der Waals surface area contributed by atoms with Gasteiger partial charge < -0.3 is 0 Å². The number of allylic oxidation sites excluding steroid dienone is 1. The fraction of sp³-hybridized carbons (Fsp3) is 0.385. The third kappa shape index (κ3) is 2.12. The predicted molar refractivity (Wildman–Crippen MR) is 79.9 cm³/mol. The standard InChI is InChI=1S/C13H16N2OS2/c1-5-7-15-12(16)10-8(3)9(4)18-11(10)14-13(15)17-6-2/h5H,1,6-7H2,2-4H3. The van der Waals surface area contributed by atoms with Crippen molar-refractivity contribution in [1.29, 1.82) is 0 Å². The minimum Gasteiger partial charge on any atom is -0.283 e. The Morgan fingerprint density at radius 2 is 2.22 bits per heavy atom. The molecule has 0 aliphatic heterocycles. The van der Waals surface area contributed by atoms with Gasteiger partial charge in [0.05, 0.1) is 5.39 Å². The Balaban J connectivity index is 2.81. The number of thioether (sulfide) groups is 1. The Kier molecular flexibility index (Phi) is 3.92. The van der Waals surface area contributed by atoms with Gasteiger partial charge in [0.1, 0.15) is 4.83 Å². The topological polar surface area (TPSA) is 34.9 Å². The lowest BCUT2D eigenvalue weighted by molar-refractivity contribution is 0.673. The molecule has 3 nitrogen and oxygen atoms in total. The zero-order valence-electron chi connectivity index (χ0n) is 10.8. The van der Waals surface area contributed by atoms with Crippen LogP contribution in [0, 0.1) is 13.8 Å². The second-order valence-electron chi connectivity index (χ2n) is 4.00. The summed E-state index contributed by atoms with van der Waals surface area (Å²) in [5.74, 6) is 0.901. The number of nitrogens with zero attached hydrogens (tertiary/aromatic N) is 2. The van der Waals surface area contributed by atoms with Gasteiger partial charge in [-0.2, -0.15) is 0 Å². The van der Waals surface area contributed by atoms with Crippen molar-refractivity contribution in [3.05, 3.63) is 33.4 Å². The average Bonchev–Trinajstić information content (AvgIpc) is 2.60. The lowest BCUT2D eigenvalue weighted by Gasteiger charge is -2.08. The lowest BCUT2D eigenvalue weighted by Crippen LogP contribution is -2.22. The van der Waals surface area contributed by atoms with Crippen LogP contribution in [0.1, 0.15) is 17.4 Å². The summed E-state index contributed by atoms with van der Waals surface area (Å²) in [6.45, 7) is 10.3. The third-order valence-corrected chi connectivity index (χ3v) is 4.80. The molecule has 0 amide bonds. The monoisotopic (exact) mass is 280 g/mol. The quantitative estimate of drug-likeness (QED) is 0.489. The first-order chi connectivity index (χ1) is 8.60. The third-order valence-electron chi connectivity index (χ3n) is 2.84. The summed E-state index contributed by atoms with van der Waals surface area (Å²) in [6, 6.07) is 0. The van der Waals surface area contributed by atoms with Gasteiger partial charge in [0, 0.05) is 11.4 Å². The highest BCUT2D eigenvalue weighted by Crippen LogP contribution is 2.28. The van der Waals surface area contributed by atoms with Gasteiger partial charge in [-0.25, -0.2) is 4.98 Å². The molecule has 0 radical (unpaired) electrons. The maximum Gasteiger partial charge on any atom is 0.263 e. The number of hydrogen-bond acceptors (Lipinski definition) is 4. The maximum absolute atomic E-state index is 12.5. The van der Waals surface area contributed by atoms with Crippen LogP contribution in [-0.4, -0.2) is 15.3 Å². The van der Waals surface area contributed by atoms with Gasteiger partial charge in [0.2, 0.25) is 0 Å². The van der Waals surface area contributed by atoms with Crippen molar-refractivity contribution in [1.82, 2.24) is 9.55 Å². The van der Waals surface area contributed by atoms with E-state index in [9.17, 15) is 4.79 Å². The van der Waals surface area contributed by atoms with Crippen molar-refractivity contribution in [2.75, 3.05) is 5.75 Å². The SMILES string of the molecule is C=CCn1c(SCC)nc2sc(C)c(C)c2c1=O. The molecule has 0 unspecified atom stereocenters. The fourth-order valence-electron chi connectivity index (χ4n) is 1.84. The van der Waals surface area contributed by atoms with E-state index >= 15 is 0 Å². The average molecular weight is 280 g/mol. The van der Waals surface area contributed by atoms with E-state index in [4.69, 9.17) is 0 Å².